The molecule has 0 unspecified atom stereocenters. The van der Waals surface area contributed by atoms with Crippen molar-refractivity contribution in [3.8, 4) is 0 Å². The molecule has 118 valence electrons. The highest BCUT2D eigenvalue weighted by Crippen LogP contribution is 2.16. The molecule has 0 aliphatic carbocycles. The maximum atomic E-state index is 11.5. The van der Waals surface area contributed by atoms with Crippen molar-refractivity contribution in [2.45, 2.75) is 46.7 Å². The summed E-state index contributed by atoms with van der Waals surface area (Å²) in [5.74, 6) is 1.48. The molecule has 0 saturated carbocycles. The van der Waals surface area contributed by atoms with E-state index in [1.165, 1.54) is 7.11 Å². The van der Waals surface area contributed by atoms with Gasteiger partial charge in [-0.1, -0.05) is 0 Å². The zero-order valence-electron chi connectivity index (χ0n) is 13.7. The van der Waals surface area contributed by atoms with Crippen molar-refractivity contribution in [3.63, 3.8) is 0 Å². The fourth-order valence-corrected chi connectivity index (χ4v) is 1.75. The molecule has 0 aromatic carbocycles. The van der Waals surface area contributed by atoms with E-state index in [0.29, 0.717) is 29.6 Å². The monoisotopic (exact) mass is 295 g/mol. The molecule has 6 heteroatoms. The van der Waals surface area contributed by atoms with Crippen molar-refractivity contribution in [2.75, 3.05) is 13.7 Å². The van der Waals surface area contributed by atoms with Crippen LogP contribution in [0.2, 0.25) is 0 Å². The fourth-order valence-electron chi connectivity index (χ4n) is 1.75. The molecule has 0 spiro atoms. The van der Waals surface area contributed by atoms with Crippen molar-refractivity contribution in [2.24, 2.45) is 4.99 Å². The summed E-state index contributed by atoms with van der Waals surface area (Å²) in [6.07, 6.45) is 0. The Bertz CT molecular complexity index is 513. The van der Waals surface area contributed by atoms with Gasteiger partial charge in [-0.15, -0.1) is 0 Å². The molecular formula is C15H25N3O3. The maximum Gasteiger partial charge on any atom is 0.341 e. The van der Waals surface area contributed by atoms with Crippen LogP contribution in [0.5, 0.6) is 0 Å². The number of nitrogens with one attached hydrogen (secondary N) is 2. The van der Waals surface area contributed by atoms with Crippen LogP contribution in [0.25, 0.3) is 0 Å². The number of methoxy groups -OCH3 is 1. The summed E-state index contributed by atoms with van der Waals surface area (Å²) in [5.41, 5.74) is 0.355. The number of carbonyl (C=O) groups is 1. The smallest absolute Gasteiger partial charge is 0.341 e. The normalized spacial score (nSPS) is 12.2. The van der Waals surface area contributed by atoms with Gasteiger partial charge in [-0.25, -0.2) is 9.79 Å². The predicted molar refractivity (Wildman–Crippen MR) is 82.5 cm³/mol. The van der Waals surface area contributed by atoms with Crippen LogP contribution in [0.4, 0.5) is 0 Å². The minimum absolute atomic E-state index is 0.0861. The van der Waals surface area contributed by atoms with Gasteiger partial charge in [0, 0.05) is 12.1 Å². The summed E-state index contributed by atoms with van der Waals surface area (Å²) < 4.78 is 10.2. The van der Waals surface area contributed by atoms with Gasteiger partial charge in [0.15, 0.2) is 5.96 Å². The molecule has 0 aliphatic heterocycles. The Labute approximate surface area is 126 Å². The highest BCUT2D eigenvalue weighted by molar-refractivity contribution is 5.90. The average molecular weight is 295 g/mol. The van der Waals surface area contributed by atoms with Gasteiger partial charge in [-0.2, -0.15) is 0 Å². The molecule has 6 nitrogen and oxygen atoms in total. The van der Waals surface area contributed by atoms with E-state index >= 15 is 0 Å². The second-order valence-electron chi connectivity index (χ2n) is 5.74. The Kier molecular flexibility index (Phi) is 5.81. The van der Waals surface area contributed by atoms with E-state index in [4.69, 9.17) is 9.15 Å². The lowest BCUT2D eigenvalue weighted by Crippen LogP contribution is -2.47. The quantitative estimate of drug-likeness (QED) is 0.506. The summed E-state index contributed by atoms with van der Waals surface area (Å²) >= 11 is 0. The van der Waals surface area contributed by atoms with Crippen molar-refractivity contribution in [1.82, 2.24) is 10.6 Å². The van der Waals surface area contributed by atoms with E-state index in [1.807, 2.05) is 6.92 Å². The van der Waals surface area contributed by atoms with E-state index in [1.54, 1.807) is 13.0 Å². The third-order valence-corrected chi connectivity index (χ3v) is 2.60. The molecule has 1 heterocycles. The third kappa shape index (κ3) is 5.49. The molecule has 1 rings (SSSR count). The number of nitrogens with zero attached hydrogens (tertiary/aromatic N) is 1. The highest BCUT2D eigenvalue weighted by atomic mass is 16.5. The Morgan fingerprint density at radius 1 is 1.43 bits per heavy atom. The van der Waals surface area contributed by atoms with E-state index in [9.17, 15) is 4.79 Å². The number of furan rings is 1. The molecule has 2 N–H and O–H groups in total. The van der Waals surface area contributed by atoms with E-state index in [2.05, 4.69) is 36.4 Å². The van der Waals surface area contributed by atoms with E-state index < -0.39 is 5.97 Å². The van der Waals surface area contributed by atoms with Crippen LogP contribution in [0.1, 0.15) is 49.6 Å². The van der Waals surface area contributed by atoms with Gasteiger partial charge in [-0.05, 0) is 40.7 Å². The molecule has 0 fully saturated rings. The number of carbonyl (C=O) groups excluding carboxylic acids is 1. The van der Waals surface area contributed by atoms with Gasteiger partial charge < -0.3 is 19.8 Å². The SMILES string of the molecule is CCNC(=NCc1cc(C(=O)OC)c(C)o1)NC(C)(C)C. The lowest BCUT2D eigenvalue weighted by Gasteiger charge is -2.23. The number of hydrogen-bond acceptors (Lipinski definition) is 4. The summed E-state index contributed by atoms with van der Waals surface area (Å²) in [4.78, 5) is 16.0. The van der Waals surface area contributed by atoms with Gasteiger partial charge in [0.05, 0.1) is 7.11 Å². The van der Waals surface area contributed by atoms with Crippen LogP contribution in [0, 0.1) is 6.92 Å². The summed E-state index contributed by atoms with van der Waals surface area (Å²) in [5, 5.41) is 6.46. The van der Waals surface area contributed by atoms with Crippen LogP contribution >= 0.6 is 0 Å². The van der Waals surface area contributed by atoms with Gasteiger partial charge in [-0.3, -0.25) is 0 Å². The van der Waals surface area contributed by atoms with Crippen LogP contribution in [0.3, 0.4) is 0 Å². The van der Waals surface area contributed by atoms with Crippen molar-refractivity contribution >= 4 is 11.9 Å². The fraction of sp³-hybridized carbons (Fsp3) is 0.600. The predicted octanol–water partition coefficient (Wildman–Crippen LogP) is 2.23. The lowest BCUT2D eigenvalue weighted by atomic mass is 10.1. The van der Waals surface area contributed by atoms with Gasteiger partial charge in [0.25, 0.3) is 0 Å². The van der Waals surface area contributed by atoms with Crippen LogP contribution < -0.4 is 10.6 Å². The molecule has 1 aromatic rings. The first kappa shape index (κ1) is 17.1. The number of ether oxygens (including phenoxy) is 1. The molecule has 0 atom stereocenters. The van der Waals surface area contributed by atoms with Crippen LogP contribution in [-0.4, -0.2) is 31.1 Å². The zero-order valence-corrected chi connectivity index (χ0v) is 13.7. The number of rotatable bonds is 4. The van der Waals surface area contributed by atoms with Gasteiger partial charge in [0.2, 0.25) is 0 Å². The number of esters is 1. The molecule has 21 heavy (non-hydrogen) atoms. The molecule has 0 aliphatic rings. The van der Waals surface area contributed by atoms with Crippen LogP contribution in [0.15, 0.2) is 15.5 Å². The molecule has 0 bridgehead atoms. The summed E-state index contributed by atoms with van der Waals surface area (Å²) in [7, 11) is 1.35. The van der Waals surface area contributed by atoms with Crippen molar-refractivity contribution in [1.29, 1.82) is 0 Å². The number of hydrogen-bond donors (Lipinski definition) is 2. The lowest BCUT2D eigenvalue weighted by molar-refractivity contribution is 0.0599. The molecule has 0 amide bonds. The largest absolute Gasteiger partial charge is 0.465 e. The minimum atomic E-state index is -0.397. The second-order valence-corrected chi connectivity index (χ2v) is 5.74. The average Bonchev–Trinajstić information content (AvgIpc) is 2.75. The summed E-state index contributed by atoms with van der Waals surface area (Å²) in [6, 6.07) is 1.67. The maximum absolute atomic E-state index is 11.5. The van der Waals surface area contributed by atoms with E-state index in [0.717, 1.165) is 6.54 Å². The minimum Gasteiger partial charge on any atom is -0.465 e. The Balaban J connectivity index is 2.83. The number of aryl methyl sites for hydroxylation is 1. The Hall–Kier alpha value is -1.98. The Morgan fingerprint density at radius 3 is 2.62 bits per heavy atom. The van der Waals surface area contributed by atoms with E-state index in [-0.39, 0.29) is 5.54 Å². The molecular weight excluding hydrogens is 270 g/mol. The molecule has 0 radical (unpaired) electrons. The molecule has 1 aromatic heterocycles. The standard InChI is InChI=1S/C15H25N3O3/c1-7-16-14(18-15(3,4)5)17-9-11-8-12(10(2)21-11)13(19)20-6/h8H,7,9H2,1-6H3,(H2,16,17,18). The van der Waals surface area contributed by atoms with Crippen molar-refractivity contribution < 1.29 is 13.9 Å². The highest BCUT2D eigenvalue weighted by Gasteiger charge is 2.16. The van der Waals surface area contributed by atoms with Gasteiger partial charge in [0.1, 0.15) is 23.6 Å². The van der Waals surface area contributed by atoms with Crippen LogP contribution in [-0.2, 0) is 11.3 Å². The second kappa shape index (κ2) is 7.15. The summed E-state index contributed by atoms with van der Waals surface area (Å²) in [6.45, 7) is 11.0. The molecule has 0 saturated heterocycles. The van der Waals surface area contributed by atoms with Gasteiger partial charge >= 0.3 is 5.97 Å². The first-order valence-corrected chi connectivity index (χ1v) is 7.01. The van der Waals surface area contributed by atoms with Crippen molar-refractivity contribution in [3.05, 3.63) is 23.2 Å². The zero-order chi connectivity index (χ0) is 16.0. The first-order chi connectivity index (χ1) is 9.76. The number of guanidine groups is 1. The number of aliphatic imine (C=N–C) groups is 1. The third-order valence-electron chi connectivity index (χ3n) is 2.60. The Morgan fingerprint density at radius 2 is 2.10 bits per heavy atom. The topological polar surface area (TPSA) is 75.9 Å². The first-order valence-electron chi connectivity index (χ1n) is 7.01.